The Morgan fingerprint density at radius 2 is 1.78 bits per heavy atom. The van der Waals surface area contributed by atoms with Gasteiger partial charge in [0.1, 0.15) is 0 Å². The quantitative estimate of drug-likeness (QED) is 0.505. The van der Waals surface area contributed by atoms with Gasteiger partial charge >= 0.3 is 11.8 Å². The predicted octanol–water partition coefficient (Wildman–Crippen LogP) is 3.01. The van der Waals surface area contributed by atoms with Gasteiger partial charge in [-0.15, -0.1) is 11.3 Å². The fourth-order valence-electron chi connectivity index (χ4n) is 3.10. The van der Waals surface area contributed by atoms with Crippen LogP contribution in [-0.4, -0.2) is 46.2 Å². The van der Waals surface area contributed by atoms with E-state index in [1.807, 2.05) is 7.05 Å². The summed E-state index contributed by atoms with van der Waals surface area (Å²) >= 11 is 7.17. The Bertz CT molecular complexity index is 1180. The van der Waals surface area contributed by atoms with Crippen LogP contribution in [0.1, 0.15) is 20.4 Å². The molecule has 3 heterocycles. The Balaban J connectivity index is 1.43. The van der Waals surface area contributed by atoms with Crippen molar-refractivity contribution in [2.24, 2.45) is 0 Å². The largest absolute Gasteiger partial charge is 0.318 e. The molecule has 4 rings (SSSR count). The Labute approximate surface area is 192 Å². The second-order valence-corrected chi connectivity index (χ2v) is 8.69. The molecule has 0 saturated heterocycles. The first kappa shape index (κ1) is 21.9. The Kier molecular flexibility index (Phi) is 6.45. The van der Waals surface area contributed by atoms with Crippen molar-refractivity contribution in [3.05, 3.63) is 63.3 Å². The molecule has 0 bridgehead atoms. The molecule has 32 heavy (non-hydrogen) atoms. The number of halogens is 1. The number of carbonyl (C=O) groups is 3. The molecule has 0 atom stereocenters. The lowest BCUT2D eigenvalue weighted by atomic mass is 10.2. The zero-order valence-electron chi connectivity index (χ0n) is 17.0. The van der Waals surface area contributed by atoms with E-state index in [0.717, 1.165) is 30.1 Å². The van der Waals surface area contributed by atoms with Gasteiger partial charge < -0.3 is 20.9 Å². The van der Waals surface area contributed by atoms with E-state index >= 15 is 0 Å². The lowest BCUT2D eigenvalue weighted by Gasteiger charge is -2.20. The summed E-state index contributed by atoms with van der Waals surface area (Å²) in [5.41, 5.74) is 1.87. The van der Waals surface area contributed by atoms with Crippen molar-refractivity contribution in [1.82, 2.24) is 14.9 Å². The molecule has 0 saturated carbocycles. The van der Waals surface area contributed by atoms with Gasteiger partial charge in [-0.3, -0.25) is 19.4 Å². The number of likely N-dealkylation sites (N-methyl/N-ethyl adjacent to an activating group) is 1. The second-order valence-electron chi connectivity index (χ2n) is 7.17. The van der Waals surface area contributed by atoms with Crippen LogP contribution in [0.25, 0.3) is 0 Å². The number of pyridine rings is 1. The SMILES string of the molecule is CN1CCc2nc(C(=O)Nc3ccncc3NC(=O)C(=O)Nc3ccc(Cl)cc3)sc2C1. The van der Waals surface area contributed by atoms with Gasteiger partial charge in [0.05, 0.1) is 23.3 Å². The summed E-state index contributed by atoms with van der Waals surface area (Å²) in [5.74, 6) is -2.17. The fourth-order valence-corrected chi connectivity index (χ4v) is 4.31. The van der Waals surface area contributed by atoms with Crippen molar-refractivity contribution in [2.45, 2.75) is 13.0 Å². The van der Waals surface area contributed by atoms with Crippen molar-refractivity contribution < 1.29 is 14.4 Å². The maximum absolute atomic E-state index is 12.8. The van der Waals surface area contributed by atoms with Crippen molar-refractivity contribution in [3.63, 3.8) is 0 Å². The minimum absolute atomic E-state index is 0.193. The summed E-state index contributed by atoms with van der Waals surface area (Å²) in [7, 11) is 2.03. The molecule has 0 fully saturated rings. The number of benzene rings is 1. The molecule has 2 aromatic heterocycles. The average molecular weight is 471 g/mol. The van der Waals surface area contributed by atoms with Crippen LogP contribution in [0.15, 0.2) is 42.7 Å². The topological polar surface area (TPSA) is 116 Å². The van der Waals surface area contributed by atoms with E-state index in [9.17, 15) is 14.4 Å². The number of rotatable bonds is 4. The third-order valence-corrected chi connectivity index (χ3v) is 6.08. The number of nitrogens with one attached hydrogen (secondary N) is 3. The van der Waals surface area contributed by atoms with E-state index in [-0.39, 0.29) is 11.6 Å². The number of hydrogen-bond acceptors (Lipinski definition) is 7. The predicted molar refractivity (Wildman–Crippen MR) is 123 cm³/mol. The minimum Gasteiger partial charge on any atom is -0.318 e. The summed E-state index contributed by atoms with van der Waals surface area (Å²) in [6, 6.07) is 7.88. The van der Waals surface area contributed by atoms with Gasteiger partial charge in [-0.05, 0) is 37.4 Å². The van der Waals surface area contributed by atoms with Crippen LogP contribution in [0.4, 0.5) is 17.1 Å². The molecule has 1 aliphatic rings. The van der Waals surface area contributed by atoms with E-state index in [4.69, 9.17) is 11.6 Å². The highest BCUT2D eigenvalue weighted by Gasteiger charge is 2.22. The summed E-state index contributed by atoms with van der Waals surface area (Å²) in [6.45, 7) is 1.66. The highest BCUT2D eigenvalue weighted by atomic mass is 35.5. The van der Waals surface area contributed by atoms with E-state index in [1.165, 1.54) is 29.8 Å². The van der Waals surface area contributed by atoms with Crippen LogP contribution < -0.4 is 16.0 Å². The number of thiazole rings is 1. The molecular weight excluding hydrogens is 452 g/mol. The maximum atomic E-state index is 12.8. The van der Waals surface area contributed by atoms with E-state index in [1.54, 1.807) is 24.3 Å². The molecule has 164 valence electrons. The smallest absolute Gasteiger partial charge is 0.314 e. The second kappa shape index (κ2) is 9.43. The van der Waals surface area contributed by atoms with Crippen LogP contribution in [0.3, 0.4) is 0 Å². The van der Waals surface area contributed by atoms with E-state index in [2.05, 4.69) is 30.8 Å². The van der Waals surface area contributed by atoms with Gasteiger partial charge in [0, 0.05) is 41.3 Å². The number of hydrogen-bond donors (Lipinski definition) is 3. The molecule has 1 aliphatic heterocycles. The van der Waals surface area contributed by atoms with Crippen molar-refractivity contribution >= 4 is 57.7 Å². The van der Waals surface area contributed by atoms with Gasteiger partial charge in [-0.1, -0.05) is 11.6 Å². The monoisotopic (exact) mass is 470 g/mol. The standard InChI is InChI=1S/C21H19ClN6O3S/c1-28-9-7-15-17(11-28)32-21(27-15)20(31)25-14-6-8-23-10-16(14)26-19(30)18(29)24-13-4-2-12(22)3-5-13/h2-6,8,10H,7,9,11H2,1H3,(H,24,29)(H,26,30)(H,23,25,31). The van der Waals surface area contributed by atoms with Crippen LogP contribution >= 0.6 is 22.9 Å². The van der Waals surface area contributed by atoms with Crippen LogP contribution in [0.2, 0.25) is 5.02 Å². The maximum Gasteiger partial charge on any atom is 0.314 e. The number of amides is 3. The van der Waals surface area contributed by atoms with E-state index < -0.39 is 11.8 Å². The summed E-state index contributed by atoms with van der Waals surface area (Å²) in [4.78, 5) is 49.0. The summed E-state index contributed by atoms with van der Waals surface area (Å²) < 4.78 is 0. The van der Waals surface area contributed by atoms with Crippen LogP contribution in [0, 0.1) is 0 Å². The Morgan fingerprint density at radius 3 is 2.56 bits per heavy atom. The number of nitrogens with zero attached hydrogens (tertiary/aromatic N) is 3. The number of anilines is 3. The number of carbonyl (C=O) groups excluding carboxylic acids is 3. The molecular formula is C21H19ClN6O3S. The molecule has 0 unspecified atom stereocenters. The molecule has 3 N–H and O–H groups in total. The summed E-state index contributed by atoms with van der Waals surface area (Å²) in [6.07, 6.45) is 3.63. The first-order valence-corrected chi connectivity index (χ1v) is 10.9. The highest BCUT2D eigenvalue weighted by Crippen LogP contribution is 2.26. The molecule has 0 spiro atoms. The average Bonchev–Trinajstić information content (AvgIpc) is 3.20. The van der Waals surface area contributed by atoms with Gasteiger partial charge in [-0.2, -0.15) is 0 Å². The van der Waals surface area contributed by atoms with Gasteiger partial charge in [0.2, 0.25) is 0 Å². The number of aromatic nitrogens is 2. The normalized spacial score (nSPS) is 13.2. The lowest BCUT2D eigenvalue weighted by Crippen LogP contribution is -2.29. The fraction of sp³-hybridized carbons (Fsp3) is 0.190. The van der Waals surface area contributed by atoms with Crippen LogP contribution in [0.5, 0.6) is 0 Å². The third kappa shape index (κ3) is 5.10. The first-order valence-electron chi connectivity index (χ1n) is 9.69. The molecule has 9 nitrogen and oxygen atoms in total. The molecule has 3 amide bonds. The number of fused-ring (bicyclic) bond motifs is 1. The summed E-state index contributed by atoms with van der Waals surface area (Å²) in [5, 5.41) is 8.55. The molecule has 1 aromatic carbocycles. The molecule has 11 heteroatoms. The van der Waals surface area contributed by atoms with Crippen LogP contribution in [-0.2, 0) is 22.6 Å². The molecule has 0 radical (unpaired) electrons. The van der Waals surface area contributed by atoms with Gasteiger partial charge in [0.15, 0.2) is 5.01 Å². The minimum atomic E-state index is -0.906. The van der Waals surface area contributed by atoms with Gasteiger partial charge in [0.25, 0.3) is 5.91 Å². The van der Waals surface area contributed by atoms with Crippen molar-refractivity contribution in [2.75, 3.05) is 29.5 Å². The van der Waals surface area contributed by atoms with Crippen molar-refractivity contribution in [1.29, 1.82) is 0 Å². The Hall–Kier alpha value is -3.34. The van der Waals surface area contributed by atoms with Crippen molar-refractivity contribution in [3.8, 4) is 0 Å². The first-order chi connectivity index (χ1) is 15.4. The zero-order valence-corrected chi connectivity index (χ0v) is 18.6. The van der Waals surface area contributed by atoms with Gasteiger partial charge in [-0.25, -0.2) is 4.98 Å². The lowest BCUT2D eigenvalue weighted by molar-refractivity contribution is -0.132. The third-order valence-electron chi connectivity index (χ3n) is 4.74. The molecule has 3 aromatic rings. The van der Waals surface area contributed by atoms with E-state index in [0.29, 0.717) is 21.4 Å². The molecule has 0 aliphatic carbocycles. The Morgan fingerprint density at radius 1 is 1.03 bits per heavy atom. The zero-order chi connectivity index (χ0) is 22.7. The highest BCUT2D eigenvalue weighted by molar-refractivity contribution is 7.13.